The number of benzene rings is 2. The lowest BCUT2D eigenvalue weighted by Crippen LogP contribution is -2.21. The van der Waals surface area contributed by atoms with E-state index >= 15 is 0 Å². The van der Waals surface area contributed by atoms with Crippen LogP contribution in [0, 0.1) is 24.7 Å². The first-order valence-electron chi connectivity index (χ1n) is 6.84. The summed E-state index contributed by atoms with van der Waals surface area (Å²) >= 11 is 0. The molecule has 0 bridgehead atoms. The zero-order valence-electron chi connectivity index (χ0n) is 12.3. The Morgan fingerprint density at radius 3 is 1.65 bits per heavy atom. The fraction of sp³-hybridized carbons (Fsp3) is 0.0526. The molecule has 23 heavy (non-hydrogen) atoms. The third-order valence-electron chi connectivity index (χ3n) is 2.95. The van der Waals surface area contributed by atoms with E-state index in [9.17, 15) is 9.59 Å². The smallest absolute Gasteiger partial charge is 0.233 e. The molecule has 0 fully saturated rings. The molecule has 0 unspecified atom stereocenters. The van der Waals surface area contributed by atoms with Crippen LogP contribution >= 0.6 is 0 Å². The molecule has 0 aliphatic rings. The van der Waals surface area contributed by atoms with Crippen LogP contribution in [0.2, 0.25) is 0 Å². The maximum atomic E-state index is 11.9. The molecule has 2 rings (SSSR count). The number of terminal acetylenes is 2. The van der Waals surface area contributed by atoms with Gasteiger partial charge in [-0.05, 0) is 36.4 Å². The maximum absolute atomic E-state index is 11.9. The third-order valence-corrected chi connectivity index (χ3v) is 2.95. The van der Waals surface area contributed by atoms with Gasteiger partial charge in [0.05, 0.1) is 0 Å². The van der Waals surface area contributed by atoms with E-state index in [2.05, 4.69) is 22.5 Å². The SMILES string of the molecule is C#Cc1cccc(NC(=O)CC(=O)Nc2cccc(C#C)c2)c1. The van der Waals surface area contributed by atoms with Crippen LogP contribution < -0.4 is 10.6 Å². The van der Waals surface area contributed by atoms with Crippen LogP contribution in [0.25, 0.3) is 0 Å². The van der Waals surface area contributed by atoms with Crippen LogP contribution in [0.15, 0.2) is 48.5 Å². The van der Waals surface area contributed by atoms with Crippen molar-refractivity contribution in [3.8, 4) is 24.7 Å². The number of anilines is 2. The summed E-state index contributed by atoms with van der Waals surface area (Å²) in [6.45, 7) is 0. The van der Waals surface area contributed by atoms with E-state index in [0.717, 1.165) is 0 Å². The first-order valence-corrected chi connectivity index (χ1v) is 6.84. The fourth-order valence-electron chi connectivity index (χ4n) is 1.93. The average molecular weight is 302 g/mol. The number of carbonyl (C=O) groups excluding carboxylic acids is 2. The Morgan fingerprint density at radius 2 is 1.26 bits per heavy atom. The highest BCUT2D eigenvalue weighted by atomic mass is 16.2. The molecule has 2 aromatic rings. The minimum Gasteiger partial charge on any atom is -0.326 e. The third kappa shape index (κ3) is 4.77. The Kier molecular flexibility index (Phi) is 5.17. The summed E-state index contributed by atoms with van der Waals surface area (Å²) in [5.41, 5.74) is 2.40. The van der Waals surface area contributed by atoms with Gasteiger partial charge >= 0.3 is 0 Å². The Morgan fingerprint density at radius 1 is 0.826 bits per heavy atom. The number of amides is 2. The molecule has 0 atom stereocenters. The molecule has 0 saturated heterocycles. The lowest BCUT2D eigenvalue weighted by atomic mass is 10.2. The molecule has 2 N–H and O–H groups in total. The van der Waals surface area contributed by atoms with Crippen molar-refractivity contribution in [2.75, 3.05) is 10.6 Å². The molecule has 0 saturated carbocycles. The molecule has 0 heterocycles. The van der Waals surface area contributed by atoms with E-state index in [0.29, 0.717) is 22.5 Å². The van der Waals surface area contributed by atoms with E-state index in [1.165, 1.54) is 0 Å². The summed E-state index contributed by atoms with van der Waals surface area (Å²) in [7, 11) is 0. The van der Waals surface area contributed by atoms with Crippen molar-refractivity contribution < 1.29 is 9.59 Å². The number of hydrogen-bond donors (Lipinski definition) is 2. The molecule has 2 aromatic carbocycles. The summed E-state index contributed by atoms with van der Waals surface area (Å²) < 4.78 is 0. The second-order valence-corrected chi connectivity index (χ2v) is 4.72. The summed E-state index contributed by atoms with van der Waals surface area (Å²) in [6.07, 6.45) is 10.3. The van der Waals surface area contributed by atoms with Gasteiger partial charge in [0.25, 0.3) is 0 Å². The Hall–Kier alpha value is -3.50. The van der Waals surface area contributed by atoms with Crippen molar-refractivity contribution >= 4 is 23.2 Å². The van der Waals surface area contributed by atoms with Crippen molar-refractivity contribution in [3.05, 3.63) is 59.7 Å². The molecule has 0 aliphatic carbocycles. The minimum atomic E-state index is -0.426. The molecule has 4 nitrogen and oxygen atoms in total. The van der Waals surface area contributed by atoms with Gasteiger partial charge in [0.1, 0.15) is 6.42 Å². The second-order valence-electron chi connectivity index (χ2n) is 4.72. The molecule has 0 spiro atoms. The van der Waals surface area contributed by atoms with Crippen molar-refractivity contribution in [2.24, 2.45) is 0 Å². The van der Waals surface area contributed by atoms with Crippen LogP contribution in [0.4, 0.5) is 11.4 Å². The minimum absolute atomic E-state index is 0.305. The van der Waals surface area contributed by atoms with Gasteiger partial charge in [-0.1, -0.05) is 24.0 Å². The lowest BCUT2D eigenvalue weighted by molar-refractivity contribution is -0.123. The van der Waals surface area contributed by atoms with Crippen LogP contribution in [0.5, 0.6) is 0 Å². The molecule has 0 radical (unpaired) electrons. The molecule has 4 heteroatoms. The van der Waals surface area contributed by atoms with Gasteiger partial charge in [0, 0.05) is 22.5 Å². The van der Waals surface area contributed by atoms with Gasteiger partial charge in [0.15, 0.2) is 0 Å². The molecular weight excluding hydrogens is 288 g/mol. The van der Waals surface area contributed by atoms with Crippen LogP contribution in [0.3, 0.4) is 0 Å². The highest BCUT2D eigenvalue weighted by Gasteiger charge is 2.10. The van der Waals surface area contributed by atoms with Crippen LogP contribution in [-0.2, 0) is 9.59 Å². The first kappa shape index (κ1) is 15.9. The highest BCUT2D eigenvalue weighted by Crippen LogP contribution is 2.12. The monoisotopic (exact) mass is 302 g/mol. The van der Waals surface area contributed by atoms with Gasteiger partial charge in [-0.25, -0.2) is 0 Å². The van der Waals surface area contributed by atoms with Gasteiger partial charge in [0.2, 0.25) is 11.8 Å². The molecular formula is C19H14N2O2. The van der Waals surface area contributed by atoms with Crippen molar-refractivity contribution in [1.29, 1.82) is 0 Å². The standard InChI is InChI=1S/C19H14N2O2/c1-3-14-7-5-9-16(11-14)20-18(22)13-19(23)21-17-10-6-8-15(4-2)12-17/h1-2,5-12H,13H2,(H,20,22)(H,21,23). The van der Waals surface area contributed by atoms with E-state index in [1.54, 1.807) is 48.5 Å². The van der Waals surface area contributed by atoms with E-state index < -0.39 is 11.8 Å². The molecule has 0 aromatic heterocycles. The lowest BCUT2D eigenvalue weighted by Gasteiger charge is -2.07. The van der Waals surface area contributed by atoms with Gasteiger partial charge in [-0.3, -0.25) is 9.59 Å². The summed E-state index contributed by atoms with van der Waals surface area (Å²) in [5, 5.41) is 5.26. The predicted molar refractivity (Wildman–Crippen MR) is 90.6 cm³/mol. The van der Waals surface area contributed by atoms with Gasteiger partial charge < -0.3 is 10.6 Å². The summed E-state index contributed by atoms with van der Waals surface area (Å²) in [6, 6.07) is 13.7. The van der Waals surface area contributed by atoms with E-state index in [4.69, 9.17) is 12.8 Å². The zero-order chi connectivity index (χ0) is 16.7. The topological polar surface area (TPSA) is 58.2 Å². The average Bonchev–Trinajstić information content (AvgIpc) is 2.54. The zero-order valence-corrected chi connectivity index (χ0v) is 12.3. The van der Waals surface area contributed by atoms with Crippen molar-refractivity contribution in [2.45, 2.75) is 6.42 Å². The Balaban J connectivity index is 1.93. The molecule has 112 valence electrons. The van der Waals surface area contributed by atoms with Crippen molar-refractivity contribution in [3.63, 3.8) is 0 Å². The second kappa shape index (κ2) is 7.49. The number of nitrogens with one attached hydrogen (secondary N) is 2. The first-order chi connectivity index (χ1) is 11.1. The maximum Gasteiger partial charge on any atom is 0.233 e. The van der Waals surface area contributed by atoms with Gasteiger partial charge in [-0.15, -0.1) is 12.8 Å². The van der Waals surface area contributed by atoms with Gasteiger partial charge in [-0.2, -0.15) is 0 Å². The Labute approximate surface area is 134 Å². The summed E-state index contributed by atoms with van der Waals surface area (Å²) in [4.78, 5) is 23.8. The van der Waals surface area contributed by atoms with Crippen LogP contribution in [0.1, 0.15) is 17.5 Å². The quantitative estimate of drug-likeness (QED) is 0.674. The van der Waals surface area contributed by atoms with Crippen LogP contribution in [-0.4, -0.2) is 11.8 Å². The molecule has 2 amide bonds. The Bertz CT molecular complexity index is 756. The normalized spacial score (nSPS) is 9.30. The fourth-order valence-corrected chi connectivity index (χ4v) is 1.93. The van der Waals surface area contributed by atoms with Crippen molar-refractivity contribution in [1.82, 2.24) is 0 Å². The number of carbonyl (C=O) groups is 2. The van der Waals surface area contributed by atoms with E-state index in [1.807, 2.05) is 0 Å². The highest BCUT2D eigenvalue weighted by molar-refractivity contribution is 6.08. The largest absolute Gasteiger partial charge is 0.326 e. The molecule has 0 aliphatic heterocycles. The summed E-state index contributed by atoms with van der Waals surface area (Å²) in [5.74, 6) is 4.10. The number of hydrogen-bond acceptors (Lipinski definition) is 2. The van der Waals surface area contributed by atoms with E-state index in [-0.39, 0.29) is 6.42 Å². The number of rotatable bonds is 4. The predicted octanol–water partition coefficient (Wildman–Crippen LogP) is 2.62.